The van der Waals surface area contributed by atoms with Crippen molar-refractivity contribution in [2.75, 3.05) is 59.2 Å². The highest BCUT2D eigenvalue weighted by Crippen LogP contribution is 2.50. The number of methoxy groups -OCH3 is 1. The van der Waals surface area contributed by atoms with Crippen LogP contribution in [0.5, 0.6) is 5.88 Å². The molecule has 2 saturated heterocycles. The number of nitrogens with one attached hydrogen (secondary N) is 1. The van der Waals surface area contributed by atoms with E-state index in [2.05, 4.69) is 16.3 Å². The van der Waals surface area contributed by atoms with Crippen molar-refractivity contribution >= 4 is 46.9 Å². The van der Waals surface area contributed by atoms with E-state index in [9.17, 15) is 14.4 Å². The number of nitrogens with zero attached hydrogens (tertiary/aromatic N) is 5. The van der Waals surface area contributed by atoms with E-state index in [0.29, 0.717) is 44.0 Å². The molecule has 3 aromatic rings. The van der Waals surface area contributed by atoms with E-state index >= 15 is 0 Å². The third kappa shape index (κ3) is 6.70. The summed E-state index contributed by atoms with van der Waals surface area (Å²) in [5, 5.41) is 3.73. The van der Waals surface area contributed by atoms with Crippen molar-refractivity contribution in [3.63, 3.8) is 0 Å². The van der Waals surface area contributed by atoms with Gasteiger partial charge in [0.2, 0.25) is 5.88 Å². The molecule has 4 heterocycles. The molecule has 7 rings (SSSR count). The molecule has 274 valence electrons. The number of likely N-dealkylation sites (N-methyl/N-ethyl adjacent to an activating group) is 1. The fraction of sp³-hybridized carbons (Fsp3) is 0.436. The molecule has 1 aliphatic carbocycles. The molecule has 1 aromatic heterocycles. The zero-order chi connectivity index (χ0) is 37.1. The molecular formula is C39H44Cl2N6O5. The second-order valence-electron chi connectivity index (χ2n) is 15.4. The summed E-state index contributed by atoms with van der Waals surface area (Å²) in [5.74, 6) is 0.245. The van der Waals surface area contributed by atoms with Gasteiger partial charge in [0, 0.05) is 80.2 Å². The van der Waals surface area contributed by atoms with Gasteiger partial charge in [-0.3, -0.25) is 9.69 Å². The van der Waals surface area contributed by atoms with Crippen LogP contribution in [0, 0.1) is 5.41 Å². The summed E-state index contributed by atoms with van der Waals surface area (Å²) in [6.45, 7) is 9.16. The van der Waals surface area contributed by atoms with Gasteiger partial charge in [0.25, 0.3) is 5.91 Å². The molecule has 0 saturated carbocycles. The largest absolute Gasteiger partial charge is 0.481 e. The Morgan fingerprint density at radius 2 is 1.69 bits per heavy atom. The summed E-state index contributed by atoms with van der Waals surface area (Å²) in [5.41, 5.74) is 5.57. The van der Waals surface area contributed by atoms with Crippen LogP contribution in [-0.4, -0.2) is 102 Å². The van der Waals surface area contributed by atoms with Gasteiger partial charge in [-0.2, -0.15) is 0 Å². The van der Waals surface area contributed by atoms with E-state index < -0.39 is 5.60 Å². The smallest absolute Gasteiger partial charge is 0.410 e. The lowest BCUT2D eigenvalue weighted by Gasteiger charge is -2.51. The third-order valence-corrected chi connectivity index (χ3v) is 11.2. The predicted octanol–water partition coefficient (Wildman–Crippen LogP) is 7.48. The van der Waals surface area contributed by atoms with E-state index in [0.717, 1.165) is 56.6 Å². The minimum atomic E-state index is -0.510. The number of anilines is 1. The number of amides is 4. The van der Waals surface area contributed by atoms with Crippen LogP contribution in [0.3, 0.4) is 0 Å². The molecule has 1 spiro atoms. The van der Waals surface area contributed by atoms with Crippen LogP contribution in [0.4, 0.5) is 15.3 Å². The maximum Gasteiger partial charge on any atom is 0.410 e. The lowest BCUT2D eigenvalue weighted by Crippen LogP contribution is -2.58. The third-order valence-electron chi connectivity index (χ3n) is 10.4. The number of carbonyl (C=O) groups is 3. The molecule has 3 aliphatic heterocycles. The fourth-order valence-corrected chi connectivity index (χ4v) is 8.58. The van der Waals surface area contributed by atoms with Crippen LogP contribution in [0.25, 0.3) is 22.4 Å². The number of aromatic nitrogens is 1. The van der Waals surface area contributed by atoms with Crippen LogP contribution in [-0.2, 0) is 16.0 Å². The molecule has 2 fully saturated rings. The summed E-state index contributed by atoms with van der Waals surface area (Å²) < 4.78 is 11.6. The summed E-state index contributed by atoms with van der Waals surface area (Å²) in [7, 11) is 4.91. The second-order valence-corrected chi connectivity index (χ2v) is 16.1. The Bertz CT molecular complexity index is 1990. The van der Waals surface area contributed by atoms with Crippen molar-refractivity contribution in [1.29, 1.82) is 0 Å². The minimum Gasteiger partial charge on any atom is -0.481 e. The average Bonchev–Trinajstić information content (AvgIpc) is 3.72. The lowest BCUT2D eigenvalue weighted by molar-refractivity contribution is -0.113. The summed E-state index contributed by atoms with van der Waals surface area (Å²) in [6.07, 6.45) is 4.13. The molecule has 13 heteroatoms. The van der Waals surface area contributed by atoms with Gasteiger partial charge < -0.3 is 29.5 Å². The quantitative estimate of drug-likeness (QED) is 0.279. The highest BCUT2D eigenvalue weighted by molar-refractivity contribution is 6.39. The summed E-state index contributed by atoms with van der Waals surface area (Å²) in [6, 6.07) is 13.3. The second kappa shape index (κ2) is 13.6. The molecule has 1 atom stereocenters. The molecule has 52 heavy (non-hydrogen) atoms. The van der Waals surface area contributed by atoms with Gasteiger partial charge >= 0.3 is 12.1 Å². The zero-order valence-electron chi connectivity index (χ0n) is 30.4. The highest BCUT2D eigenvalue weighted by Gasteiger charge is 2.52. The van der Waals surface area contributed by atoms with Crippen molar-refractivity contribution in [1.82, 2.24) is 24.6 Å². The van der Waals surface area contributed by atoms with Crippen molar-refractivity contribution in [2.45, 2.75) is 51.7 Å². The predicted molar refractivity (Wildman–Crippen MR) is 202 cm³/mol. The number of fused-ring (bicyclic) bond motifs is 1. The van der Waals surface area contributed by atoms with Crippen LogP contribution in [0.2, 0.25) is 10.0 Å². The first-order chi connectivity index (χ1) is 24.7. The van der Waals surface area contributed by atoms with E-state index in [-0.39, 0.29) is 36.0 Å². The minimum absolute atomic E-state index is 0.0939. The van der Waals surface area contributed by atoms with Gasteiger partial charge in [0.15, 0.2) is 0 Å². The Hall–Kier alpha value is -4.32. The van der Waals surface area contributed by atoms with Gasteiger partial charge in [-0.25, -0.2) is 14.6 Å². The van der Waals surface area contributed by atoms with Gasteiger partial charge in [0.1, 0.15) is 5.60 Å². The molecule has 11 nitrogen and oxygen atoms in total. The first-order valence-electron chi connectivity index (χ1n) is 17.5. The Balaban J connectivity index is 1.10. The van der Waals surface area contributed by atoms with E-state index in [1.54, 1.807) is 27.3 Å². The van der Waals surface area contributed by atoms with Crippen molar-refractivity contribution in [3.8, 4) is 28.3 Å². The summed E-state index contributed by atoms with van der Waals surface area (Å²) in [4.78, 5) is 50.2. The number of pyridine rings is 1. The Morgan fingerprint density at radius 3 is 2.38 bits per heavy atom. The lowest BCUT2D eigenvalue weighted by atomic mass is 9.77. The maximum absolute atomic E-state index is 13.2. The first-order valence-corrected chi connectivity index (χ1v) is 18.3. The molecular weight excluding hydrogens is 703 g/mol. The van der Waals surface area contributed by atoms with Crippen LogP contribution in [0.1, 0.15) is 50.8 Å². The first kappa shape index (κ1) is 36.1. The number of halogens is 2. The number of hydrogen-bond donors (Lipinski definition) is 1. The molecule has 1 N–H and O–H groups in total. The SMILES string of the molecule is COc1nc(-c2cccc(-c3cccc(NC(=O)C4=CN(C)C(=O)N(C)C4)c3Cl)c2Cl)cc2c1C(N1CC3(CCN(C(=O)OC(C)(C)C)C3)C1)CC2. The van der Waals surface area contributed by atoms with Gasteiger partial charge in [-0.15, -0.1) is 0 Å². The Kier molecular flexibility index (Phi) is 9.42. The van der Waals surface area contributed by atoms with E-state index in [1.165, 1.54) is 21.6 Å². The number of urea groups is 1. The molecule has 1 unspecified atom stereocenters. The van der Waals surface area contributed by atoms with Gasteiger partial charge in [0.05, 0.1) is 40.7 Å². The average molecular weight is 748 g/mol. The number of carbonyl (C=O) groups excluding carboxylic acids is 3. The highest BCUT2D eigenvalue weighted by atomic mass is 35.5. The topological polar surface area (TPSA) is 108 Å². The fourth-order valence-electron chi connectivity index (χ4n) is 7.98. The molecule has 4 aliphatic rings. The number of benzene rings is 2. The monoisotopic (exact) mass is 746 g/mol. The zero-order valence-corrected chi connectivity index (χ0v) is 31.9. The Labute approximate surface area is 314 Å². The summed E-state index contributed by atoms with van der Waals surface area (Å²) >= 11 is 14.1. The molecule has 2 aromatic carbocycles. The van der Waals surface area contributed by atoms with Crippen LogP contribution >= 0.6 is 23.2 Å². The number of ether oxygens (including phenoxy) is 2. The number of hydrogen-bond acceptors (Lipinski definition) is 7. The van der Waals surface area contributed by atoms with Crippen molar-refractivity contribution in [3.05, 3.63) is 75.4 Å². The number of rotatable bonds is 6. The number of likely N-dealkylation sites (tertiary alicyclic amines) is 2. The van der Waals surface area contributed by atoms with Crippen LogP contribution in [0.15, 0.2) is 54.2 Å². The standard InChI is InChI=1S/C39H44Cl2N6O5/c1-38(2,3)52-37(50)46-16-15-39(20-46)21-47(22-39)30-14-13-23-17-29(43-35(51-6)31(23)30)27-11-7-9-25(32(27)40)26-10-8-12-28(33(26)41)42-34(48)24-18-44(4)36(49)45(5)19-24/h7-12,17-18,30H,13-16,19-22H2,1-6H3,(H,42,48). The number of aryl methyl sites for hydroxylation is 1. The van der Waals surface area contributed by atoms with Crippen LogP contribution < -0.4 is 10.1 Å². The molecule has 0 radical (unpaired) electrons. The van der Waals surface area contributed by atoms with E-state index in [4.69, 9.17) is 37.7 Å². The molecule has 0 bridgehead atoms. The maximum atomic E-state index is 13.2. The van der Waals surface area contributed by atoms with E-state index in [1.807, 2.05) is 56.0 Å². The molecule has 4 amide bonds. The normalized spacial score (nSPS) is 19.8. The Morgan fingerprint density at radius 1 is 1.00 bits per heavy atom. The van der Waals surface area contributed by atoms with Crippen molar-refractivity contribution in [2.24, 2.45) is 5.41 Å². The van der Waals surface area contributed by atoms with Gasteiger partial charge in [-0.05, 0) is 57.7 Å². The van der Waals surface area contributed by atoms with Crippen molar-refractivity contribution < 1.29 is 23.9 Å². The van der Waals surface area contributed by atoms with Gasteiger partial charge in [-0.1, -0.05) is 53.5 Å².